The summed E-state index contributed by atoms with van der Waals surface area (Å²) in [6, 6.07) is 8.45. The average Bonchev–Trinajstić information content (AvgIpc) is 2.49. The Morgan fingerprint density at radius 3 is 2.52 bits per heavy atom. The highest BCUT2D eigenvalue weighted by atomic mass is 16.4. The van der Waals surface area contributed by atoms with E-state index >= 15 is 0 Å². The number of ketones is 1. The first kappa shape index (κ1) is 15.1. The molecule has 0 aromatic heterocycles. The molecule has 23 heavy (non-hydrogen) atoms. The van der Waals surface area contributed by atoms with Gasteiger partial charge in [0, 0.05) is 6.42 Å². The fraction of sp³-hybridized carbons (Fsp3) is 0.222. The minimum Gasteiger partial charge on any atom is -0.507 e. The Balaban J connectivity index is 1.98. The van der Waals surface area contributed by atoms with Gasteiger partial charge in [0.15, 0.2) is 0 Å². The van der Waals surface area contributed by atoms with Crippen molar-refractivity contribution in [1.82, 2.24) is 0 Å². The highest BCUT2D eigenvalue weighted by Gasteiger charge is 2.29. The molecule has 1 aliphatic carbocycles. The van der Waals surface area contributed by atoms with E-state index in [1.54, 1.807) is 24.3 Å². The van der Waals surface area contributed by atoms with Crippen molar-refractivity contribution in [2.45, 2.75) is 25.7 Å². The number of aliphatic carboxylic acids is 1. The lowest BCUT2D eigenvalue weighted by atomic mass is 9.82. The van der Waals surface area contributed by atoms with E-state index in [2.05, 4.69) is 0 Å². The van der Waals surface area contributed by atoms with E-state index in [1.807, 2.05) is 0 Å². The van der Waals surface area contributed by atoms with Gasteiger partial charge >= 0.3 is 5.97 Å². The molecule has 3 rings (SSSR count). The molecule has 0 radical (unpaired) electrons. The average molecular weight is 312 g/mol. The van der Waals surface area contributed by atoms with Crippen LogP contribution in [0.25, 0.3) is 0 Å². The van der Waals surface area contributed by atoms with Crippen LogP contribution in [0.1, 0.15) is 45.5 Å². The van der Waals surface area contributed by atoms with Gasteiger partial charge in [0.1, 0.15) is 11.5 Å². The van der Waals surface area contributed by atoms with Gasteiger partial charge < -0.3 is 15.3 Å². The van der Waals surface area contributed by atoms with Gasteiger partial charge in [-0.3, -0.25) is 9.59 Å². The topological polar surface area (TPSA) is 94.8 Å². The minimum absolute atomic E-state index is 0.00803. The monoisotopic (exact) mass is 312 g/mol. The largest absolute Gasteiger partial charge is 0.507 e. The maximum Gasteiger partial charge on any atom is 0.303 e. The van der Waals surface area contributed by atoms with Crippen LogP contribution in [-0.4, -0.2) is 27.1 Å². The van der Waals surface area contributed by atoms with Crippen LogP contribution in [0.4, 0.5) is 0 Å². The van der Waals surface area contributed by atoms with E-state index in [0.717, 1.165) is 5.56 Å². The highest BCUT2D eigenvalue weighted by Crippen LogP contribution is 2.38. The third kappa shape index (κ3) is 2.65. The zero-order valence-corrected chi connectivity index (χ0v) is 12.4. The van der Waals surface area contributed by atoms with Crippen LogP contribution < -0.4 is 0 Å². The smallest absolute Gasteiger partial charge is 0.303 e. The summed E-state index contributed by atoms with van der Waals surface area (Å²) in [4.78, 5) is 23.3. The molecule has 5 heteroatoms. The van der Waals surface area contributed by atoms with Gasteiger partial charge in [-0.1, -0.05) is 24.3 Å². The van der Waals surface area contributed by atoms with Crippen molar-refractivity contribution >= 4 is 11.8 Å². The maximum absolute atomic E-state index is 12.7. The van der Waals surface area contributed by atoms with E-state index in [0.29, 0.717) is 30.4 Å². The zero-order chi connectivity index (χ0) is 16.6. The standard InChI is InChI=1S/C18H16O5/c19-13-5-1-4-11-9-12-8-7-10(3-2-6-14(20)21)17(22)16(12)18(23)15(11)13/h1,4-5,7-8,19,22H,2-3,6,9H2,(H,20,21). The van der Waals surface area contributed by atoms with Gasteiger partial charge in [0.05, 0.1) is 11.1 Å². The zero-order valence-electron chi connectivity index (χ0n) is 12.4. The number of benzene rings is 2. The molecule has 0 atom stereocenters. The van der Waals surface area contributed by atoms with Crippen molar-refractivity contribution in [1.29, 1.82) is 0 Å². The summed E-state index contributed by atoms with van der Waals surface area (Å²) in [5, 5.41) is 29.1. The van der Waals surface area contributed by atoms with Crippen molar-refractivity contribution in [2.24, 2.45) is 0 Å². The number of carboxylic acid groups (broad SMARTS) is 1. The van der Waals surface area contributed by atoms with Crippen molar-refractivity contribution in [3.8, 4) is 11.5 Å². The first-order valence-corrected chi connectivity index (χ1v) is 7.40. The lowest BCUT2D eigenvalue weighted by Gasteiger charge is -2.21. The molecule has 1 aliphatic rings. The molecule has 5 nitrogen and oxygen atoms in total. The number of carbonyl (C=O) groups is 2. The molecule has 2 aromatic rings. The molecule has 0 aliphatic heterocycles. The van der Waals surface area contributed by atoms with E-state index < -0.39 is 11.8 Å². The number of phenols is 2. The molecule has 0 amide bonds. The quantitative estimate of drug-likeness (QED) is 0.688. The fourth-order valence-corrected chi connectivity index (χ4v) is 3.03. The molecule has 0 bridgehead atoms. The van der Waals surface area contributed by atoms with E-state index in [-0.39, 0.29) is 29.0 Å². The van der Waals surface area contributed by atoms with Crippen LogP contribution in [0.3, 0.4) is 0 Å². The van der Waals surface area contributed by atoms with Gasteiger partial charge in [-0.25, -0.2) is 0 Å². The van der Waals surface area contributed by atoms with Crippen molar-refractivity contribution in [3.63, 3.8) is 0 Å². The molecule has 0 saturated carbocycles. The van der Waals surface area contributed by atoms with E-state index in [1.165, 1.54) is 6.07 Å². The van der Waals surface area contributed by atoms with Gasteiger partial charge in [-0.05, 0) is 42.0 Å². The number of fused-ring (bicyclic) bond motifs is 2. The summed E-state index contributed by atoms with van der Waals surface area (Å²) in [5.41, 5.74) is 2.45. The SMILES string of the molecule is O=C(O)CCCc1ccc2c(c1O)C(=O)c1c(O)cccc1C2. The Kier molecular flexibility index (Phi) is 3.78. The molecule has 0 saturated heterocycles. The minimum atomic E-state index is -0.891. The van der Waals surface area contributed by atoms with Gasteiger partial charge in [-0.15, -0.1) is 0 Å². The molecule has 2 aromatic carbocycles. The second-order valence-corrected chi connectivity index (χ2v) is 5.67. The lowest BCUT2D eigenvalue weighted by Crippen LogP contribution is -2.16. The number of phenolic OH excluding ortho intramolecular Hbond substituents is 2. The number of carboxylic acids is 1. The van der Waals surface area contributed by atoms with Crippen molar-refractivity contribution < 1.29 is 24.9 Å². The summed E-state index contributed by atoms with van der Waals surface area (Å²) in [6.07, 6.45) is 1.24. The van der Waals surface area contributed by atoms with Crippen LogP contribution in [-0.2, 0) is 17.6 Å². The van der Waals surface area contributed by atoms with Gasteiger partial charge in [0.2, 0.25) is 5.78 Å². The van der Waals surface area contributed by atoms with E-state index in [9.17, 15) is 19.8 Å². The Morgan fingerprint density at radius 1 is 1.04 bits per heavy atom. The first-order chi connectivity index (χ1) is 11.0. The number of aromatic hydroxyl groups is 2. The summed E-state index contributed by atoms with van der Waals surface area (Å²) in [5.74, 6) is -1.48. The molecule has 3 N–H and O–H groups in total. The normalized spacial score (nSPS) is 12.6. The molecule has 0 spiro atoms. The van der Waals surface area contributed by atoms with Crippen molar-refractivity contribution in [3.05, 3.63) is 58.1 Å². The van der Waals surface area contributed by atoms with Crippen LogP contribution in [0, 0.1) is 0 Å². The van der Waals surface area contributed by atoms with Crippen LogP contribution in [0.2, 0.25) is 0 Å². The Bertz CT molecular complexity index is 807. The predicted molar refractivity (Wildman–Crippen MR) is 83.0 cm³/mol. The third-order valence-corrected chi connectivity index (χ3v) is 4.15. The Labute approximate surface area is 132 Å². The fourth-order valence-electron chi connectivity index (χ4n) is 3.03. The highest BCUT2D eigenvalue weighted by molar-refractivity contribution is 6.15. The number of hydrogen-bond donors (Lipinski definition) is 3. The first-order valence-electron chi connectivity index (χ1n) is 7.40. The Morgan fingerprint density at radius 2 is 1.78 bits per heavy atom. The second-order valence-electron chi connectivity index (χ2n) is 5.67. The van der Waals surface area contributed by atoms with Crippen LogP contribution >= 0.6 is 0 Å². The predicted octanol–water partition coefficient (Wildman–Crippen LogP) is 2.64. The molecule has 0 unspecified atom stereocenters. The molecule has 0 heterocycles. The summed E-state index contributed by atoms with van der Waals surface area (Å²) in [7, 11) is 0. The van der Waals surface area contributed by atoms with Crippen LogP contribution in [0.5, 0.6) is 11.5 Å². The summed E-state index contributed by atoms with van der Waals surface area (Å²) >= 11 is 0. The van der Waals surface area contributed by atoms with Gasteiger partial charge in [-0.2, -0.15) is 0 Å². The van der Waals surface area contributed by atoms with Crippen LogP contribution in [0.15, 0.2) is 30.3 Å². The van der Waals surface area contributed by atoms with Crippen molar-refractivity contribution in [2.75, 3.05) is 0 Å². The number of carbonyl (C=O) groups excluding carboxylic acids is 1. The molecule has 0 fully saturated rings. The Hall–Kier alpha value is -2.82. The maximum atomic E-state index is 12.7. The summed E-state index contributed by atoms with van der Waals surface area (Å²) in [6.45, 7) is 0. The second kappa shape index (κ2) is 5.76. The number of hydrogen-bond acceptors (Lipinski definition) is 4. The summed E-state index contributed by atoms with van der Waals surface area (Å²) < 4.78 is 0. The lowest BCUT2D eigenvalue weighted by molar-refractivity contribution is -0.137. The van der Waals surface area contributed by atoms with E-state index in [4.69, 9.17) is 5.11 Å². The van der Waals surface area contributed by atoms with Gasteiger partial charge in [0.25, 0.3) is 0 Å². The molecular weight excluding hydrogens is 296 g/mol. The third-order valence-electron chi connectivity index (χ3n) is 4.15. The number of rotatable bonds is 4. The molecule has 118 valence electrons. The number of aryl methyl sites for hydroxylation is 1. The molecular formula is C18H16O5.